The number of piperazine rings is 1. The molecule has 5 heteroatoms. The monoisotopic (exact) mass is 374 g/mol. The third-order valence-corrected chi connectivity index (χ3v) is 4.93. The SMILES string of the molecule is O=C(c1cccc(OCc2ccccc2)c1)N1CCN(c2cccc[nH+]2)CC1. The smallest absolute Gasteiger partial charge is 0.274 e. The van der Waals surface area contributed by atoms with Crippen LogP contribution in [0, 0.1) is 0 Å². The maximum Gasteiger partial charge on any atom is 0.274 e. The summed E-state index contributed by atoms with van der Waals surface area (Å²) < 4.78 is 5.86. The van der Waals surface area contributed by atoms with Gasteiger partial charge in [-0.3, -0.25) is 9.69 Å². The quantitative estimate of drug-likeness (QED) is 0.690. The number of rotatable bonds is 5. The van der Waals surface area contributed by atoms with Crippen LogP contribution in [0.15, 0.2) is 79.0 Å². The number of nitrogens with zero attached hydrogens (tertiary/aromatic N) is 2. The molecule has 1 aromatic heterocycles. The Morgan fingerprint density at radius 2 is 1.68 bits per heavy atom. The summed E-state index contributed by atoms with van der Waals surface area (Å²) in [5.74, 6) is 1.86. The minimum Gasteiger partial charge on any atom is -0.489 e. The molecule has 0 bridgehead atoms. The Labute approximate surface area is 165 Å². The zero-order valence-electron chi connectivity index (χ0n) is 15.8. The molecule has 2 aromatic carbocycles. The van der Waals surface area contributed by atoms with Crippen LogP contribution in [-0.2, 0) is 6.61 Å². The van der Waals surface area contributed by atoms with Gasteiger partial charge in [-0.05, 0) is 29.8 Å². The summed E-state index contributed by atoms with van der Waals surface area (Å²) in [5, 5.41) is 0. The van der Waals surface area contributed by atoms with Gasteiger partial charge in [-0.1, -0.05) is 42.5 Å². The Hall–Kier alpha value is -3.34. The van der Waals surface area contributed by atoms with Gasteiger partial charge >= 0.3 is 0 Å². The van der Waals surface area contributed by atoms with Gasteiger partial charge in [-0.15, -0.1) is 0 Å². The summed E-state index contributed by atoms with van der Waals surface area (Å²) in [7, 11) is 0. The second-order valence-corrected chi connectivity index (χ2v) is 6.83. The van der Waals surface area contributed by atoms with Crippen LogP contribution in [0.2, 0.25) is 0 Å². The predicted molar refractivity (Wildman–Crippen MR) is 108 cm³/mol. The van der Waals surface area contributed by atoms with E-state index < -0.39 is 0 Å². The van der Waals surface area contributed by atoms with Crippen LogP contribution in [0.1, 0.15) is 15.9 Å². The molecule has 0 atom stereocenters. The number of aromatic nitrogens is 1. The fraction of sp³-hybridized carbons (Fsp3) is 0.217. The molecule has 0 spiro atoms. The molecule has 1 saturated heterocycles. The normalized spacial score (nSPS) is 14.0. The van der Waals surface area contributed by atoms with Crippen LogP contribution in [0.25, 0.3) is 0 Å². The summed E-state index contributed by atoms with van der Waals surface area (Å²) in [6.45, 7) is 3.53. The highest BCUT2D eigenvalue weighted by Gasteiger charge is 2.26. The first-order valence-electron chi connectivity index (χ1n) is 9.57. The van der Waals surface area contributed by atoms with E-state index in [1.165, 1.54) is 0 Å². The van der Waals surface area contributed by atoms with Gasteiger partial charge in [-0.2, -0.15) is 0 Å². The minimum atomic E-state index is 0.0573. The van der Waals surface area contributed by atoms with Crippen molar-refractivity contribution in [2.24, 2.45) is 0 Å². The number of amides is 1. The molecule has 0 radical (unpaired) electrons. The first kappa shape index (κ1) is 18.0. The van der Waals surface area contributed by atoms with E-state index in [1.54, 1.807) is 0 Å². The second kappa shape index (κ2) is 8.57. The highest BCUT2D eigenvalue weighted by molar-refractivity contribution is 5.94. The lowest BCUT2D eigenvalue weighted by Gasteiger charge is -2.31. The molecule has 28 heavy (non-hydrogen) atoms. The van der Waals surface area contributed by atoms with Crippen LogP contribution >= 0.6 is 0 Å². The summed E-state index contributed by atoms with van der Waals surface area (Å²) in [6.07, 6.45) is 1.92. The van der Waals surface area contributed by atoms with Gasteiger partial charge in [0.2, 0.25) is 0 Å². The molecule has 1 N–H and O–H groups in total. The molecule has 4 rings (SSSR count). The third-order valence-electron chi connectivity index (χ3n) is 4.93. The summed E-state index contributed by atoms with van der Waals surface area (Å²) in [5.41, 5.74) is 1.78. The van der Waals surface area contributed by atoms with Crippen LogP contribution in [-0.4, -0.2) is 37.0 Å². The number of carbonyl (C=O) groups excluding carboxylic acids is 1. The summed E-state index contributed by atoms with van der Waals surface area (Å²) >= 11 is 0. The third kappa shape index (κ3) is 4.31. The molecule has 1 aliphatic heterocycles. The average Bonchev–Trinajstić information content (AvgIpc) is 2.79. The van der Waals surface area contributed by atoms with E-state index in [0.717, 1.165) is 24.5 Å². The Morgan fingerprint density at radius 1 is 0.893 bits per heavy atom. The molecule has 0 saturated carbocycles. The van der Waals surface area contributed by atoms with Gasteiger partial charge in [0.1, 0.15) is 25.4 Å². The van der Waals surface area contributed by atoms with Crippen LogP contribution in [0.3, 0.4) is 0 Å². The van der Waals surface area contributed by atoms with Gasteiger partial charge in [-0.25, -0.2) is 4.98 Å². The topological polar surface area (TPSA) is 46.9 Å². The molecule has 142 valence electrons. The van der Waals surface area contributed by atoms with E-state index in [4.69, 9.17) is 4.74 Å². The van der Waals surface area contributed by atoms with Gasteiger partial charge in [0.25, 0.3) is 11.7 Å². The van der Waals surface area contributed by atoms with Crippen molar-refractivity contribution in [3.8, 4) is 5.75 Å². The van der Waals surface area contributed by atoms with Gasteiger partial charge in [0.05, 0.1) is 19.3 Å². The number of ether oxygens (including phenoxy) is 1. The van der Waals surface area contributed by atoms with Crippen molar-refractivity contribution in [1.82, 2.24) is 4.90 Å². The van der Waals surface area contributed by atoms with Crippen molar-refractivity contribution in [1.29, 1.82) is 0 Å². The Bertz CT molecular complexity index is 907. The van der Waals surface area contributed by atoms with Crippen molar-refractivity contribution in [2.45, 2.75) is 6.61 Å². The largest absolute Gasteiger partial charge is 0.489 e. The Morgan fingerprint density at radius 3 is 2.43 bits per heavy atom. The second-order valence-electron chi connectivity index (χ2n) is 6.83. The number of aromatic amines is 1. The summed E-state index contributed by atoms with van der Waals surface area (Å²) in [6, 6.07) is 23.5. The van der Waals surface area contributed by atoms with E-state index >= 15 is 0 Å². The molecule has 2 heterocycles. The van der Waals surface area contributed by atoms with Crippen LogP contribution < -0.4 is 14.6 Å². The molecular weight excluding hydrogens is 350 g/mol. The molecule has 5 nitrogen and oxygen atoms in total. The number of hydrogen-bond donors (Lipinski definition) is 0. The molecular formula is C23H24N3O2+. The van der Waals surface area contributed by atoms with Crippen molar-refractivity contribution in [3.05, 3.63) is 90.1 Å². The lowest BCUT2D eigenvalue weighted by Crippen LogP contribution is -2.50. The Kier molecular flexibility index (Phi) is 5.52. The highest BCUT2D eigenvalue weighted by atomic mass is 16.5. The number of pyridine rings is 1. The van der Waals surface area contributed by atoms with Crippen molar-refractivity contribution >= 4 is 11.7 Å². The lowest BCUT2D eigenvalue weighted by atomic mass is 10.1. The van der Waals surface area contributed by atoms with E-state index in [9.17, 15) is 4.79 Å². The fourth-order valence-corrected chi connectivity index (χ4v) is 3.37. The van der Waals surface area contributed by atoms with Crippen molar-refractivity contribution in [3.63, 3.8) is 0 Å². The Balaban J connectivity index is 1.36. The number of nitrogens with one attached hydrogen (secondary N) is 1. The maximum atomic E-state index is 12.9. The van der Waals surface area contributed by atoms with E-state index in [1.807, 2.05) is 77.8 Å². The van der Waals surface area contributed by atoms with Crippen LogP contribution in [0.5, 0.6) is 5.75 Å². The molecule has 1 fully saturated rings. The zero-order valence-corrected chi connectivity index (χ0v) is 15.8. The predicted octanol–water partition coefficient (Wildman–Crippen LogP) is 3.04. The molecule has 3 aromatic rings. The van der Waals surface area contributed by atoms with E-state index in [0.29, 0.717) is 31.0 Å². The first-order valence-corrected chi connectivity index (χ1v) is 9.57. The molecule has 1 amide bonds. The first-order chi connectivity index (χ1) is 13.8. The van der Waals surface area contributed by atoms with E-state index in [-0.39, 0.29) is 5.91 Å². The average molecular weight is 374 g/mol. The zero-order chi connectivity index (χ0) is 19.2. The lowest BCUT2D eigenvalue weighted by molar-refractivity contribution is -0.364. The number of hydrogen-bond acceptors (Lipinski definition) is 3. The van der Waals surface area contributed by atoms with Crippen LogP contribution in [0.4, 0.5) is 5.82 Å². The van der Waals surface area contributed by atoms with Crippen molar-refractivity contribution < 1.29 is 14.5 Å². The fourth-order valence-electron chi connectivity index (χ4n) is 3.37. The standard InChI is InChI=1S/C23H23N3O2/c27-23(26-15-13-25(14-16-26)22-11-4-5-12-24-22)20-9-6-10-21(17-20)28-18-19-7-2-1-3-8-19/h1-12,17H,13-16,18H2/p+1. The van der Waals surface area contributed by atoms with Gasteiger partial charge in [0.15, 0.2) is 0 Å². The minimum absolute atomic E-state index is 0.0573. The molecule has 0 aliphatic carbocycles. The van der Waals surface area contributed by atoms with Gasteiger partial charge in [0, 0.05) is 11.6 Å². The molecule has 1 aliphatic rings. The summed E-state index contributed by atoms with van der Waals surface area (Å²) in [4.78, 5) is 20.3. The van der Waals surface area contributed by atoms with Gasteiger partial charge < -0.3 is 9.64 Å². The number of carbonyl (C=O) groups is 1. The highest BCUT2D eigenvalue weighted by Crippen LogP contribution is 2.18. The number of anilines is 1. The maximum absolute atomic E-state index is 12.9. The van der Waals surface area contributed by atoms with Crippen molar-refractivity contribution in [2.75, 3.05) is 31.1 Å². The number of H-pyrrole nitrogens is 1. The number of benzene rings is 2. The van der Waals surface area contributed by atoms with E-state index in [2.05, 4.69) is 16.0 Å². The molecule has 0 unspecified atom stereocenters.